The first-order chi connectivity index (χ1) is 16.7. The van der Waals surface area contributed by atoms with Gasteiger partial charge >= 0.3 is 0 Å². The van der Waals surface area contributed by atoms with E-state index in [1.54, 1.807) is 0 Å². The van der Waals surface area contributed by atoms with Crippen molar-refractivity contribution in [1.29, 1.82) is 0 Å². The van der Waals surface area contributed by atoms with Crippen molar-refractivity contribution in [2.45, 2.75) is 51.6 Å². The Morgan fingerprint density at radius 1 is 0.882 bits per heavy atom. The molecule has 34 heavy (non-hydrogen) atoms. The highest BCUT2D eigenvalue weighted by Gasteiger charge is 2.28. The van der Waals surface area contributed by atoms with Crippen LogP contribution in [0.15, 0.2) is 66.7 Å². The Balaban J connectivity index is 1.12. The zero-order chi connectivity index (χ0) is 23.3. The van der Waals surface area contributed by atoms with Gasteiger partial charge in [-0.15, -0.1) is 0 Å². The van der Waals surface area contributed by atoms with Crippen LogP contribution in [0.25, 0.3) is 10.8 Å². The van der Waals surface area contributed by atoms with Gasteiger partial charge in [-0.1, -0.05) is 54.6 Å². The van der Waals surface area contributed by atoms with Crippen molar-refractivity contribution < 1.29 is 4.79 Å². The van der Waals surface area contributed by atoms with E-state index in [4.69, 9.17) is 0 Å². The molecule has 0 bridgehead atoms. The summed E-state index contributed by atoms with van der Waals surface area (Å²) in [6, 6.07) is 24.3. The summed E-state index contributed by atoms with van der Waals surface area (Å²) in [5.74, 6) is 0.321. The molecule has 2 aliphatic heterocycles. The van der Waals surface area contributed by atoms with Crippen LogP contribution in [0.5, 0.6) is 0 Å². The van der Waals surface area contributed by atoms with Gasteiger partial charge in [-0.3, -0.25) is 9.69 Å². The number of carbonyl (C=O) groups excluding carboxylic acids is 1. The maximum atomic E-state index is 12.9. The maximum Gasteiger partial charge on any atom is 0.223 e. The minimum atomic E-state index is 0.114. The molecule has 0 aromatic heterocycles. The molecule has 2 aliphatic rings. The zero-order valence-electron chi connectivity index (χ0n) is 20.4. The Morgan fingerprint density at radius 2 is 1.59 bits per heavy atom. The van der Waals surface area contributed by atoms with Crippen molar-refractivity contribution in [3.05, 3.63) is 77.9 Å². The lowest BCUT2D eigenvalue weighted by Gasteiger charge is -2.36. The second kappa shape index (κ2) is 10.6. The molecule has 3 aromatic carbocycles. The number of benzene rings is 3. The fourth-order valence-electron chi connectivity index (χ4n) is 5.67. The van der Waals surface area contributed by atoms with E-state index < -0.39 is 0 Å². The molecule has 0 spiro atoms. The van der Waals surface area contributed by atoms with Crippen LogP contribution in [0.1, 0.15) is 56.2 Å². The molecule has 0 radical (unpaired) electrons. The number of carbonyl (C=O) groups is 1. The van der Waals surface area contributed by atoms with Gasteiger partial charge in [0.05, 0.1) is 0 Å². The lowest BCUT2D eigenvalue weighted by Crippen LogP contribution is -2.41. The van der Waals surface area contributed by atoms with E-state index in [2.05, 4.69) is 88.8 Å². The summed E-state index contributed by atoms with van der Waals surface area (Å²) >= 11 is 0. The Bertz CT molecular complexity index is 1090. The number of likely N-dealkylation sites (tertiary alicyclic amines) is 1. The molecule has 4 heteroatoms. The summed E-state index contributed by atoms with van der Waals surface area (Å²) < 4.78 is 0. The second-order valence-electron chi connectivity index (χ2n) is 9.99. The molecule has 2 heterocycles. The largest absolute Gasteiger partial charge is 0.372 e. The number of nitrogens with one attached hydrogen (secondary N) is 1. The third-order valence-corrected chi connectivity index (χ3v) is 7.85. The lowest BCUT2D eigenvalue weighted by molar-refractivity contribution is -0.126. The Labute approximate surface area is 203 Å². The second-order valence-corrected chi connectivity index (χ2v) is 9.99. The normalized spacial score (nSPS) is 18.7. The van der Waals surface area contributed by atoms with Gasteiger partial charge < -0.3 is 10.2 Å². The number of hydrogen-bond acceptors (Lipinski definition) is 3. The summed E-state index contributed by atoms with van der Waals surface area (Å²) in [6.07, 6.45) is 5.78. The maximum absolute atomic E-state index is 12.9. The van der Waals surface area contributed by atoms with E-state index in [1.807, 2.05) is 0 Å². The molecule has 1 N–H and O–H groups in total. The monoisotopic (exact) mass is 455 g/mol. The standard InChI is InChI=1S/C30H37N3O/c1-23(28-11-7-9-25-8-3-4-10-29(25)28)32-20-16-26(17-21-32)30(34)31-22-24-12-14-27(15-13-24)33-18-5-2-6-19-33/h3-4,7-15,23,26H,2,5-6,16-22H2,1H3,(H,31,34). The number of hydrogen-bond donors (Lipinski definition) is 1. The van der Waals surface area contributed by atoms with E-state index in [9.17, 15) is 4.79 Å². The first-order valence-corrected chi connectivity index (χ1v) is 13.0. The summed E-state index contributed by atoms with van der Waals surface area (Å²) in [5.41, 5.74) is 3.87. The van der Waals surface area contributed by atoms with Gasteiger partial charge in [0.1, 0.15) is 0 Å². The van der Waals surface area contributed by atoms with Crippen molar-refractivity contribution in [2.75, 3.05) is 31.1 Å². The molecule has 0 aliphatic carbocycles. The highest BCUT2D eigenvalue weighted by Crippen LogP contribution is 2.31. The summed E-state index contributed by atoms with van der Waals surface area (Å²) in [5, 5.41) is 5.83. The predicted octanol–water partition coefficient (Wildman–Crippen LogP) is 5.92. The number of piperidine rings is 2. The van der Waals surface area contributed by atoms with Crippen molar-refractivity contribution >= 4 is 22.4 Å². The summed E-state index contributed by atoms with van der Waals surface area (Å²) in [7, 11) is 0. The van der Waals surface area contributed by atoms with Crippen molar-refractivity contribution in [3.63, 3.8) is 0 Å². The third-order valence-electron chi connectivity index (χ3n) is 7.85. The molecule has 1 unspecified atom stereocenters. The Kier molecular flexibility index (Phi) is 7.15. The van der Waals surface area contributed by atoms with Crippen molar-refractivity contribution in [1.82, 2.24) is 10.2 Å². The average molecular weight is 456 g/mol. The molecular weight excluding hydrogens is 418 g/mol. The number of anilines is 1. The Morgan fingerprint density at radius 3 is 2.35 bits per heavy atom. The summed E-state index contributed by atoms with van der Waals surface area (Å²) in [6.45, 7) is 7.17. The highest BCUT2D eigenvalue weighted by molar-refractivity contribution is 5.86. The molecule has 5 rings (SSSR count). The third kappa shape index (κ3) is 5.12. The van der Waals surface area contributed by atoms with Gasteiger partial charge in [0.2, 0.25) is 5.91 Å². The van der Waals surface area contributed by atoms with Crippen LogP contribution in [-0.4, -0.2) is 37.0 Å². The number of amides is 1. The average Bonchev–Trinajstić information content (AvgIpc) is 2.92. The molecule has 2 saturated heterocycles. The van der Waals surface area contributed by atoms with Gasteiger partial charge in [-0.2, -0.15) is 0 Å². The molecule has 2 fully saturated rings. The van der Waals surface area contributed by atoms with E-state index in [0.717, 1.165) is 39.0 Å². The highest BCUT2D eigenvalue weighted by atomic mass is 16.1. The minimum Gasteiger partial charge on any atom is -0.372 e. The van der Waals surface area contributed by atoms with Crippen LogP contribution >= 0.6 is 0 Å². The van der Waals surface area contributed by atoms with Crippen LogP contribution in [0.4, 0.5) is 5.69 Å². The van der Waals surface area contributed by atoms with Crippen LogP contribution in [0, 0.1) is 5.92 Å². The molecule has 178 valence electrons. The smallest absolute Gasteiger partial charge is 0.223 e. The van der Waals surface area contributed by atoms with E-state index in [0.29, 0.717) is 12.6 Å². The van der Waals surface area contributed by atoms with E-state index in [-0.39, 0.29) is 11.8 Å². The number of fused-ring (bicyclic) bond motifs is 1. The van der Waals surface area contributed by atoms with Crippen LogP contribution in [0.3, 0.4) is 0 Å². The fraction of sp³-hybridized carbons (Fsp3) is 0.433. The number of nitrogens with zero attached hydrogens (tertiary/aromatic N) is 2. The SMILES string of the molecule is CC(c1cccc2ccccc12)N1CCC(C(=O)NCc2ccc(N3CCCCC3)cc2)CC1. The quantitative estimate of drug-likeness (QED) is 0.501. The topological polar surface area (TPSA) is 35.6 Å². The zero-order valence-corrected chi connectivity index (χ0v) is 20.4. The van der Waals surface area contributed by atoms with Gasteiger partial charge in [0.15, 0.2) is 0 Å². The van der Waals surface area contributed by atoms with E-state index in [1.165, 1.54) is 46.8 Å². The van der Waals surface area contributed by atoms with Crippen molar-refractivity contribution in [2.24, 2.45) is 5.92 Å². The van der Waals surface area contributed by atoms with Gasteiger partial charge in [-0.25, -0.2) is 0 Å². The lowest BCUT2D eigenvalue weighted by atomic mass is 9.92. The van der Waals surface area contributed by atoms with Crippen LogP contribution < -0.4 is 10.2 Å². The van der Waals surface area contributed by atoms with Crippen LogP contribution in [0.2, 0.25) is 0 Å². The molecule has 0 saturated carbocycles. The molecule has 4 nitrogen and oxygen atoms in total. The molecule has 1 amide bonds. The fourth-order valence-corrected chi connectivity index (χ4v) is 5.67. The summed E-state index contributed by atoms with van der Waals surface area (Å²) in [4.78, 5) is 17.9. The Hall–Kier alpha value is -2.85. The van der Waals surface area contributed by atoms with Crippen molar-refractivity contribution in [3.8, 4) is 0 Å². The predicted molar refractivity (Wildman–Crippen MR) is 141 cm³/mol. The van der Waals surface area contributed by atoms with E-state index >= 15 is 0 Å². The van der Waals surface area contributed by atoms with Gasteiger partial charge in [-0.05, 0) is 86.1 Å². The first kappa shape index (κ1) is 22.9. The minimum absolute atomic E-state index is 0.114. The van der Waals surface area contributed by atoms with Crippen LogP contribution in [-0.2, 0) is 11.3 Å². The van der Waals surface area contributed by atoms with Gasteiger partial charge in [0.25, 0.3) is 0 Å². The van der Waals surface area contributed by atoms with Gasteiger partial charge in [0, 0.05) is 37.3 Å². The molecule has 1 atom stereocenters. The first-order valence-electron chi connectivity index (χ1n) is 13.0. The number of rotatable bonds is 6. The molecular formula is C30H37N3O. The molecule has 3 aromatic rings.